The van der Waals surface area contributed by atoms with Crippen LogP contribution in [-0.4, -0.2) is 35.2 Å². The Morgan fingerprint density at radius 3 is 2.10 bits per heavy atom. The summed E-state index contributed by atoms with van der Waals surface area (Å²) in [6.07, 6.45) is -10.7. The van der Waals surface area contributed by atoms with Crippen LogP contribution in [0.1, 0.15) is 40.6 Å². The van der Waals surface area contributed by atoms with Crippen molar-refractivity contribution in [1.82, 2.24) is 4.90 Å². The lowest BCUT2D eigenvalue weighted by Crippen LogP contribution is -2.50. The maximum absolute atomic E-state index is 14.4. The first-order valence-corrected chi connectivity index (χ1v) is 12.6. The predicted molar refractivity (Wildman–Crippen MR) is 132 cm³/mol. The Kier molecular flexibility index (Phi) is 8.53. The molecule has 2 aromatic rings. The topological polar surface area (TPSA) is 92.3 Å². The SMILES string of the molecule is CCN(C(=O)c1cc(/C(=C/Nc2c(Cl)cc(C(F)(C(F)(F)F)C(F)(F)F)cc2Cl)N=N)sc1Cl)C1(C#N)CC1. The van der Waals surface area contributed by atoms with Gasteiger partial charge in [-0.05, 0) is 38.0 Å². The summed E-state index contributed by atoms with van der Waals surface area (Å²) < 4.78 is 93.0. The molecule has 1 heterocycles. The summed E-state index contributed by atoms with van der Waals surface area (Å²) in [5.74, 6) is -0.521. The summed E-state index contributed by atoms with van der Waals surface area (Å²) in [5, 5.41) is 13.6. The number of nitriles is 1. The second-order valence-corrected chi connectivity index (χ2v) is 10.7. The molecule has 0 aliphatic heterocycles. The molecule has 6 nitrogen and oxygen atoms in total. The van der Waals surface area contributed by atoms with Crippen molar-refractivity contribution in [2.24, 2.45) is 5.11 Å². The van der Waals surface area contributed by atoms with Crippen LogP contribution in [0.5, 0.6) is 0 Å². The molecular formula is C22H15Cl3F7N5OS. The highest BCUT2D eigenvalue weighted by molar-refractivity contribution is 7.17. The number of nitrogens with one attached hydrogen (secondary N) is 2. The van der Waals surface area contributed by atoms with Crippen LogP contribution in [0.4, 0.5) is 36.4 Å². The van der Waals surface area contributed by atoms with Crippen molar-refractivity contribution in [3.05, 3.63) is 54.8 Å². The molecule has 0 spiro atoms. The number of carbonyl (C=O) groups excluding carboxylic acids is 1. The average molecular weight is 637 g/mol. The van der Waals surface area contributed by atoms with Gasteiger partial charge in [-0.2, -0.15) is 36.7 Å². The first-order valence-electron chi connectivity index (χ1n) is 10.7. The molecule has 1 aliphatic rings. The van der Waals surface area contributed by atoms with Gasteiger partial charge in [-0.1, -0.05) is 34.8 Å². The van der Waals surface area contributed by atoms with Crippen LogP contribution in [0.3, 0.4) is 0 Å². The number of anilines is 1. The molecular weight excluding hydrogens is 622 g/mol. The minimum atomic E-state index is -6.36. The highest BCUT2D eigenvalue weighted by Crippen LogP contribution is 2.54. The lowest BCUT2D eigenvalue weighted by Gasteiger charge is -2.30. The molecule has 1 aromatic carbocycles. The largest absolute Gasteiger partial charge is 0.435 e. The van der Waals surface area contributed by atoms with E-state index < -0.39 is 50.8 Å². The number of nitrogens with zero attached hydrogens (tertiary/aromatic N) is 3. The van der Waals surface area contributed by atoms with Crippen molar-refractivity contribution in [2.75, 3.05) is 11.9 Å². The zero-order chi connectivity index (χ0) is 29.6. The van der Waals surface area contributed by atoms with Crippen molar-refractivity contribution >= 4 is 63.4 Å². The fraction of sp³-hybridized carbons (Fsp3) is 0.364. The third-order valence-electron chi connectivity index (χ3n) is 5.87. The van der Waals surface area contributed by atoms with E-state index in [4.69, 9.17) is 40.3 Å². The van der Waals surface area contributed by atoms with Gasteiger partial charge in [0.2, 0.25) is 0 Å². The normalized spacial score (nSPS) is 15.5. The van der Waals surface area contributed by atoms with E-state index in [-0.39, 0.29) is 39.2 Å². The summed E-state index contributed by atoms with van der Waals surface area (Å²) in [4.78, 5) is 14.6. The molecule has 0 radical (unpaired) electrons. The first-order chi connectivity index (χ1) is 18.0. The van der Waals surface area contributed by atoms with Crippen molar-refractivity contribution in [1.29, 1.82) is 10.8 Å². The standard InChI is InChI=1S/C22H15Cl3F7N5OS/c1-2-37(19(9-33)3-4-19)18(38)11-7-15(39-17(11)25)14(36-34)8-35-16-12(23)5-10(6-13(16)24)20(26,21(27,28)29)22(30,31)32/h5-8,34-35H,2-4H2,1H3/b14-8-,36-34?. The van der Waals surface area contributed by atoms with Gasteiger partial charge in [0.25, 0.3) is 5.91 Å². The van der Waals surface area contributed by atoms with E-state index in [1.54, 1.807) is 6.92 Å². The smallest absolute Gasteiger partial charge is 0.357 e. The van der Waals surface area contributed by atoms with Crippen LogP contribution in [0.15, 0.2) is 29.5 Å². The van der Waals surface area contributed by atoms with Crippen LogP contribution < -0.4 is 5.32 Å². The molecule has 39 heavy (non-hydrogen) atoms. The number of rotatable bonds is 8. The van der Waals surface area contributed by atoms with Crippen LogP contribution in [0.25, 0.3) is 5.70 Å². The van der Waals surface area contributed by atoms with E-state index in [1.807, 2.05) is 0 Å². The highest BCUT2D eigenvalue weighted by Gasteiger charge is 2.73. The summed E-state index contributed by atoms with van der Waals surface area (Å²) in [5.41, 5.74) is -1.64. The molecule has 1 aromatic heterocycles. The van der Waals surface area contributed by atoms with Gasteiger partial charge in [-0.25, -0.2) is 9.92 Å². The second-order valence-electron chi connectivity index (χ2n) is 8.25. The molecule has 0 bridgehead atoms. The number of hydrogen-bond donors (Lipinski definition) is 2. The van der Waals surface area contributed by atoms with Crippen molar-refractivity contribution in [3.8, 4) is 6.07 Å². The minimum absolute atomic E-state index is 0.0238. The Morgan fingerprint density at radius 2 is 1.69 bits per heavy atom. The van der Waals surface area contributed by atoms with Gasteiger partial charge in [0.05, 0.1) is 32.2 Å². The Hall–Kier alpha value is -2.60. The fourth-order valence-electron chi connectivity index (χ4n) is 3.68. The van der Waals surface area contributed by atoms with Crippen LogP contribution in [-0.2, 0) is 5.67 Å². The summed E-state index contributed by atoms with van der Waals surface area (Å²) in [6, 6.07) is 3.68. The third-order valence-corrected chi connectivity index (χ3v) is 7.85. The molecule has 1 saturated carbocycles. The summed E-state index contributed by atoms with van der Waals surface area (Å²) in [6.45, 7) is 1.93. The maximum Gasteiger partial charge on any atom is 0.435 e. The Balaban J connectivity index is 1.94. The van der Waals surface area contributed by atoms with Crippen LogP contribution >= 0.6 is 46.1 Å². The molecule has 1 amide bonds. The quantitative estimate of drug-likeness (QED) is 0.224. The molecule has 0 saturated heterocycles. The second kappa shape index (κ2) is 10.8. The minimum Gasteiger partial charge on any atom is -0.357 e. The van der Waals surface area contributed by atoms with E-state index in [9.17, 15) is 40.8 Å². The molecule has 1 aliphatic carbocycles. The van der Waals surface area contributed by atoms with E-state index in [0.717, 1.165) is 17.5 Å². The lowest BCUT2D eigenvalue weighted by atomic mass is 9.94. The molecule has 0 atom stereocenters. The van der Waals surface area contributed by atoms with Gasteiger partial charge < -0.3 is 10.2 Å². The van der Waals surface area contributed by atoms with Gasteiger partial charge in [0, 0.05) is 18.3 Å². The fourth-order valence-corrected chi connectivity index (χ4v) is 5.50. The Labute approximate surface area is 235 Å². The average Bonchev–Trinajstić information content (AvgIpc) is 3.53. The van der Waals surface area contributed by atoms with Gasteiger partial charge in [0.15, 0.2) is 0 Å². The zero-order valence-electron chi connectivity index (χ0n) is 19.4. The number of hydrogen-bond acceptors (Lipinski definition) is 6. The Bertz CT molecular complexity index is 1340. The maximum atomic E-state index is 14.4. The van der Waals surface area contributed by atoms with Crippen LogP contribution in [0.2, 0.25) is 14.4 Å². The predicted octanol–water partition coefficient (Wildman–Crippen LogP) is 8.96. The summed E-state index contributed by atoms with van der Waals surface area (Å²) >= 11 is 18.8. The molecule has 1 fully saturated rings. The van der Waals surface area contributed by atoms with Crippen molar-refractivity contribution in [2.45, 2.75) is 43.3 Å². The highest BCUT2D eigenvalue weighted by atomic mass is 35.5. The van der Waals surface area contributed by atoms with E-state index in [0.29, 0.717) is 12.8 Å². The van der Waals surface area contributed by atoms with E-state index >= 15 is 0 Å². The molecule has 17 heteroatoms. The van der Waals surface area contributed by atoms with Gasteiger partial charge in [0.1, 0.15) is 15.6 Å². The molecule has 3 rings (SSSR count). The lowest BCUT2D eigenvalue weighted by molar-refractivity contribution is -0.348. The molecule has 0 unspecified atom stereocenters. The first kappa shape index (κ1) is 30.9. The number of halogens is 10. The Morgan fingerprint density at radius 1 is 1.15 bits per heavy atom. The number of benzene rings is 1. The van der Waals surface area contributed by atoms with Gasteiger partial charge >= 0.3 is 18.0 Å². The van der Waals surface area contributed by atoms with Crippen LogP contribution in [0, 0.1) is 16.9 Å². The van der Waals surface area contributed by atoms with Gasteiger partial charge in [-0.15, -0.1) is 11.3 Å². The van der Waals surface area contributed by atoms with Gasteiger partial charge in [-0.3, -0.25) is 4.79 Å². The van der Waals surface area contributed by atoms with E-state index in [2.05, 4.69) is 16.5 Å². The number of alkyl halides is 7. The molecule has 2 N–H and O–H groups in total. The summed E-state index contributed by atoms with van der Waals surface area (Å²) in [7, 11) is 0. The molecule has 210 valence electrons. The number of carbonyl (C=O) groups is 1. The van der Waals surface area contributed by atoms with E-state index in [1.165, 1.54) is 11.0 Å². The zero-order valence-corrected chi connectivity index (χ0v) is 22.5. The van der Waals surface area contributed by atoms with Crippen molar-refractivity contribution < 1.29 is 35.5 Å². The monoisotopic (exact) mass is 635 g/mol. The third kappa shape index (κ3) is 5.54. The number of thiophene rings is 1. The van der Waals surface area contributed by atoms with Crippen molar-refractivity contribution in [3.63, 3.8) is 0 Å². The number of amides is 1.